The fourth-order valence-electron chi connectivity index (χ4n) is 6.11. The van der Waals surface area contributed by atoms with Crippen molar-refractivity contribution < 1.29 is 9.59 Å². The first kappa shape index (κ1) is 13.2. The van der Waals surface area contributed by atoms with Gasteiger partial charge in [0.15, 0.2) is 0 Å². The molecule has 4 aliphatic carbocycles. The maximum absolute atomic E-state index is 13.1. The standard InChI is InChI=1S/C21H19NO2/c23-20-18-14-7-8-15(17-10-16(14)17)19(18)21(24)22(20)13-6-5-11-3-1-2-4-12(11)9-13/h1-6,9,14-19H,7-8,10H2/t14-,15+,16+,17-,18-,19+. The van der Waals surface area contributed by atoms with E-state index in [9.17, 15) is 9.59 Å². The molecule has 1 saturated heterocycles. The highest BCUT2D eigenvalue weighted by atomic mass is 16.2. The van der Waals surface area contributed by atoms with Crippen LogP contribution in [0.25, 0.3) is 10.8 Å². The molecule has 2 bridgehead atoms. The third-order valence-corrected chi connectivity index (χ3v) is 7.14. The van der Waals surface area contributed by atoms with Crippen LogP contribution in [0.4, 0.5) is 5.69 Å². The van der Waals surface area contributed by atoms with Crippen molar-refractivity contribution in [3.05, 3.63) is 42.5 Å². The summed E-state index contributed by atoms with van der Waals surface area (Å²) in [6.45, 7) is 0. The van der Waals surface area contributed by atoms with Crippen molar-refractivity contribution in [1.82, 2.24) is 0 Å². The average Bonchev–Trinajstić information content (AvgIpc) is 3.39. The van der Waals surface area contributed by atoms with Crippen LogP contribution in [0.3, 0.4) is 0 Å². The van der Waals surface area contributed by atoms with Gasteiger partial charge in [-0.3, -0.25) is 14.5 Å². The van der Waals surface area contributed by atoms with Gasteiger partial charge in [0.05, 0.1) is 17.5 Å². The average molecular weight is 317 g/mol. The molecule has 1 heterocycles. The van der Waals surface area contributed by atoms with Crippen LogP contribution < -0.4 is 4.90 Å². The Morgan fingerprint density at radius 1 is 0.750 bits per heavy atom. The summed E-state index contributed by atoms with van der Waals surface area (Å²) in [5.41, 5.74) is 0.756. The van der Waals surface area contributed by atoms with Crippen LogP contribution >= 0.6 is 0 Å². The van der Waals surface area contributed by atoms with Gasteiger partial charge in [0.2, 0.25) is 11.8 Å². The fraction of sp³-hybridized carbons (Fsp3) is 0.429. The first-order chi connectivity index (χ1) is 11.7. The fourth-order valence-corrected chi connectivity index (χ4v) is 6.11. The molecule has 120 valence electrons. The lowest BCUT2D eigenvalue weighted by molar-refractivity contribution is -0.129. The third-order valence-electron chi connectivity index (χ3n) is 7.14. The van der Waals surface area contributed by atoms with Gasteiger partial charge in [0.25, 0.3) is 0 Å². The van der Waals surface area contributed by atoms with Crippen molar-refractivity contribution in [2.75, 3.05) is 4.90 Å². The molecule has 24 heavy (non-hydrogen) atoms. The van der Waals surface area contributed by atoms with Crippen molar-refractivity contribution in [2.24, 2.45) is 35.5 Å². The van der Waals surface area contributed by atoms with Gasteiger partial charge in [-0.05, 0) is 65.8 Å². The van der Waals surface area contributed by atoms with E-state index in [4.69, 9.17) is 0 Å². The zero-order valence-corrected chi connectivity index (χ0v) is 13.4. The smallest absolute Gasteiger partial charge is 0.237 e. The number of nitrogens with zero attached hydrogens (tertiary/aromatic N) is 1. The van der Waals surface area contributed by atoms with E-state index in [1.807, 2.05) is 36.4 Å². The molecule has 7 rings (SSSR count). The van der Waals surface area contributed by atoms with Crippen molar-refractivity contribution in [1.29, 1.82) is 0 Å². The molecule has 3 heteroatoms. The maximum atomic E-state index is 13.1. The molecule has 2 aromatic rings. The predicted octanol–water partition coefficient (Wildman–Crippen LogP) is 3.62. The van der Waals surface area contributed by atoms with E-state index in [0.717, 1.165) is 41.1 Å². The summed E-state index contributed by atoms with van der Waals surface area (Å²) < 4.78 is 0. The first-order valence-electron chi connectivity index (χ1n) is 9.10. The Morgan fingerprint density at radius 3 is 2.04 bits per heavy atom. The highest BCUT2D eigenvalue weighted by Gasteiger charge is 2.68. The minimum atomic E-state index is -0.0357. The van der Waals surface area contributed by atoms with Crippen LogP contribution in [0.2, 0.25) is 0 Å². The van der Waals surface area contributed by atoms with Crippen LogP contribution in [-0.2, 0) is 9.59 Å². The second-order valence-electron chi connectivity index (χ2n) is 8.06. The molecule has 6 atom stereocenters. The number of imide groups is 1. The molecule has 0 N–H and O–H groups in total. The Morgan fingerprint density at radius 2 is 1.38 bits per heavy atom. The Labute approximate surface area is 140 Å². The Kier molecular flexibility index (Phi) is 2.34. The molecular formula is C21H19NO2. The number of carbonyl (C=O) groups excluding carboxylic acids is 2. The molecule has 5 aliphatic rings. The van der Waals surface area contributed by atoms with Crippen LogP contribution in [0.1, 0.15) is 19.3 Å². The number of carbonyl (C=O) groups is 2. The maximum Gasteiger partial charge on any atom is 0.237 e. The SMILES string of the molecule is O=C1[C@@H]2[C@@H]3CC[C@@H]([C@H]4C[C@H]43)[C@@H]2C(=O)N1c1ccc2ccccc2c1. The molecule has 0 aromatic heterocycles. The molecule has 3 nitrogen and oxygen atoms in total. The summed E-state index contributed by atoms with van der Waals surface area (Å²) in [5.74, 6) is 2.47. The summed E-state index contributed by atoms with van der Waals surface area (Å²) in [6.07, 6.45) is 3.56. The first-order valence-corrected chi connectivity index (χ1v) is 9.10. The minimum absolute atomic E-state index is 0.0357. The molecule has 1 aliphatic heterocycles. The van der Waals surface area contributed by atoms with E-state index in [1.165, 1.54) is 11.3 Å². The summed E-state index contributed by atoms with van der Waals surface area (Å²) in [5, 5.41) is 2.22. The summed E-state index contributed by atoms with van der Waals surface area (Å²) >= 11 is 0. The van der Waals surface area contributed by atoms with Crippen LogP contribution in [0, 0.1) is 35.5 Å². The zero-order valence-electron chi connectivity index (χ0n) is 13.4. The normalized spacial score (nSPS) is 39.2. The minimum Gasteiger partial charge on any atom is -0.274 e. The zero-order chi connectivity index (χ0) is 16.0. The van der Waals surface area contributed by atoms with Gasteiger partial charge >= 0.3 is 0 Å². The molecular weight excluding hydrogens is 298 g/mol. The van der Waals surface area contributed by atoms with Crippen molar-refractivity contribution in [3.63, 3.8) is 0 Å². The van der Waals surface area contributed by atoms with Gasteiger partial charge in [-0.25, -0.2) is 0 Å². The molecule has 0 unspecified atom stereocenters. The van der Waals surface area contributed by atoms with E-state index in [1.54, 1.807) is 0 Å². The topological polar surface area (TPSA) is 37.4 Å². The van der Waals surface area contributed by atoms with E-state index in [2.05, 4.69) is 6.07 Å². The van der Waals surface area contributed by atoms with Crippen LogP contribution in [0.5, 0.6) is 0 Å². The van der Waals surface area contributed by atoms with Crippen molar-refractivity contribution in [3.8, 4) is 0 Å². The predicted molar refractivity (Wildman–Crippen MR) is 91.2 cm³/mol. The summed E-state index contributed by atoms with van der Waals surface area (Å²) in [4.78, 5) is 27.8. The molecule has 0 radical (unpaired) electrons. The number of hydrogen-bond donors (Lipinski definition) is 0. The van der Waals surface area contributed by atoms with Crippen molar-refractivity contribution >= 4 is 28.3 Å². The van der Waals surface area contributed by atoms with Crippen LogP contribution in [0.15, 0.2) is 42.5 Å². The lowest BCUT2D eigenvalue weighted by atomic mass is 9.59. The molecule has 2 aromatic carbocycles. The van der Waals surface area contributed by atoms with Gasteiger partial charge < -0.3 is 0 Å². The summed E-state index contributed by atoms with van der Waals surface area (Å²) in [7, 11) is 0. The van der Waals surface area contributed by atoms with Crippen molar-refractivity contribution in [2.45, 2.75) is 19.3 Å². The van der Waals surface area contributed by atoms with Crippen LogP contribution in [-0.4, -0.2) is 11.8 Å². The van der Waals surface area contributed by atoms with Gasteiger partial charge in [-0.2, -0.15) is 0 Å². The number of amides is 2. The third kappa shape index (κ3) is 1.49. The Bertz CT molecular complexity index is 870. The number of rotatable bonds is 1. The second-order valence-corrected chi connectivity index (χ2v) is 8.06. The van der Waals surface area contributed by atoms with E-state index in [0.29, 0.717) is 11.8 Å². The Hall–Kier alpha value is -2.16. The molecule has 0 spiro atoms. The van der Waals surface area contributed by atoms with Gasteiger partial charge in [-0.1, -0.05) is 30.3 Å². The quantitative estimate of drug-likeness (QED) is 0.753. The lowest BCUT2D eigenvalue weighted by Gasteiger charge is -2.42. The van der Waals surface area contributed by atoms with E-state index >= 15 is 0 Å². The highest BCUT2D eigenvalue weighted by Crippen LogP contribution is 2.68. The number of fused-ring (bicyclic) bond motifs is 2. The molecule has 4 saturated carbocycles. The number of anilines is 1. The summed E-state index contributed by atoms with van der Waals surface area (Å²) in [6, 6.07) is 14.0. The van der Waals surface area contributed by atoms with Gasteiger partial charge in [0, 0.05) is 0 Å². The van der Waals surface area contributed by atoms with Gasteiger partial charge in [-0.15, -0.1) is 0 Å². The number of benzene rings is 2. The van der Waals surface area contributed by atoms with Gasteiger partial charge in [0.1, 0.15) is 0 Å². The number of hydrogen-bond acceptors (Lipinski definition) is 2. The van der Waals surface area contributed by atoms with E-state index < -0.39 is 0 Å². The lowest BCUT2D eigenvalue weighted by Crippen LogP contribution is -2.43. The van der Waals surface area contributed by atoms with E-state index in [-0.39, 0.29) is 23.7 Å². The highest BCUT2D eigenvalue weighted by molar-refractivity contribution is 6.23. The largest absolute Gasteiger partial charge is 0.274 e. The Balaban J connectivity index is 1.45. The second kappa shape index (κ2) is 4.27. The monoisotopic (exact) mass is 317 g/mol. The molecule has 2 amide bonds. The molecule has 5 fully saturated rings.